The molecule has 0 bridgehead atoms. The van der Waals surface area contributed by atoms with Gasteiger partial charge in [0.2, 0.25) is 0 Å². The molecule has 0 spiro atoms. The van der Waals surface area contributed by atoms with Crippen molar-refractivity contribution in [1.29, 1.82) is 0 Å². The molecular formula is C10H13N3O4. The van der Waals surface area contributed by atoms with E-state index in [2.05, 4.69) is 0 Å². The lowest BCUT2D eigenvalue weighted by Crippen LogP contribution is -2.32. The number of carbonyl (C=O) groups is 1. The van der Waals surface area contributed by atoms with Crippen molar-refractivity contribution in [1.82, 2.24) is 4.90 Å². The van der Waals surface area contributed by atoms with Gasteiger partial charge in [0, 0.05) is 31.8 Å². The molecule has 1 aromatic carbocycles. The zero-order valence-electron chi connectivity index (χ0n) is 9.24. The van der Waals surface area contributed by atoms with Crippen molar-refractivity contribution < 1.29 is 14.8 Å². The van der Waals surface area contributed by atoms with E-state index in [-0.39, 0.29) is 12.2 Å². The van der Waals surface area contributed by atoms with Gasteiger partial charge in [-0.2, -0.15) is 0 Å². The molecule has 0 saturated carbocycles. The van der Waals surface area contributed by atoms with Crippen molar-refractivity contribution in [2.24, 2.45) is 5.73 Å². The summed E-state index contributed by atoms with van der Waals surface area (Å²) in [7, 11) is 1.39. The Morgan fingerprint density at radius 2 is 2.29 bits per heavy atom. The fraction of sp³-hybridized carbons (Fsp3) is 0.300. The van der Waals surface area contributed by atoms with Gasteiger partial charge in [0.1, 0.15) is 0 Å². The van der Waals surface area contributed by atoms with Crippen LogP contribution >= 0.6 is 0 Å². The van der Waals surface area contributed by atoms with Gasteiger partial charge in [-0.05, 0) is 5.56 Å². The first-order valence-corrected chi connectivity index (χ1v) is 4.86. The van der Waals surface area contributed by atoms with Crippen LogP contribution in [0.5, 0.6) is 0 Å². The second kappa shape index (κ2) is 5.26. The first kappa shape index (κ1) is 12.9. The van der Waals surface area contributed by atoms with Crippen LogP contribution in [-0.2, 0) is 0 Å². The minimum atomic E-state index is -1.09. The molecule has 1 unspecified atom stereocenters. The highest BCUT2D eigenvalue weighted by atomic mass is 16.6. The summed E-state index contributed by atoms with van der Waals surface area (Å²) >= 11 is 0. The van der Waals surface area contributed by atoms with Gasteiger partial charge >= 0.3 is 6.09 Å². The van der Waals surface area contributed by atoms with Gasteiger partial charge in [0.15, 0.2) is 0 Å². The molecule has 0 fully saturated rings. The van der Waals surface area contributed by atoms with Crippen molar-refractivity contribution in [2.45, 2.75) is 6.04 Å². The number of carboxylic acid groups (broad SMARTS) is 1. The maximum Gasteiger partial charge on any atom is 0.407 e. The highest BCUT2D eigenvalue weighted by molar-refractivity contribution is 5.64. The van der Waals surface area contributed by atoms with Crippen LogP contribution in [0.3, 0.4) is 0 Å². The van der Waals surface area contributed by atoms with Crippen LogP contribution in [-0.4, -0.2) is 34.6 Å². The predicted molar refractivity (Wildman–Crippen MR) is 60.7 cm³/mol. The zero-order valence-corrected chi connectivity index (χ0v) is 9.24. The van der Waals surface area contributed by atoms with Crippen molar-refractivity contribution >= 4 is 11.8 Å². The minimum absolute atomic E-state index is 0.0593. The molecule has 3 N–H and O–H groups in total. The summed E-state index contributed by atoms with van der Waals surface area (Å²) in [5.41, 5.74) is 6.25. The quantitative estimate of drug-likeness (QED) is 0.606. The number of rotatable bonds is 4. The van der Waals surface area contributed by atoms with Gasteiger partial charge in [-0.1, -0.05) is 12.1 Å². The van der Waals surface area contributed by atoms with Crippen LogP contribution in [0.1, 0.15) is 11.6 Å². The first-order valence-electron chi connectivity index (χ1n) is 4.86. The van der Waals surface area contributed by atoms with E-state index in [9.17, 15) is 14.9 Å². The molecule has 0 aliphatic rings. The molecule has 7 heteroatoms. The third kappa shape index (κ3) is 3.42. The van der Waals surface area contributed by atoms with E-state index in [4.69, 9.17) is 10.8 Å². The number of nitrogens with zero attached hydrogens (tertiary/aromatic N) is 2. The summed E-state index contributed by atoms with van der Waals surface area (Å²) in [6.45, 7) is 0.0799. The molecule has 92 valence electrons. The second-order valence-corrected chi connectivity index (χ2v) is 3.62. The monoisotopic (exact) mass is 239 g/mol. The molecule has 1 rings (SSSR count). The topological polar surface area (TPSA) is 110 Å². The van der Waals surface area contributed by atoms with Crippen molar-refractivity contribution in [3.8, 4) is 0 Å². The number of likely N-dealkylation sites (N-methyl/N-ethyl adjacent to an activating group) is 1. The van der Waals surface area contributed by atoms with Crippen LogP contribution in [0, 0.1) is 10.1 Å². The number of hydrogen-bond acceptors (Lipinski definition) is 4. The summed E-state index contributed by atoms with van der Waals surface area (Å²) < 4.78 is 0. The third-order valence-corrected chi connectivity index (χ3v) is 2.31. The van der Waals surface area contributed by atoms with Gasteiger partial charge < -0.3 is 15.7 Å². The van der Waals surface area contributed by atoms with Gasteiger partial charge in [-0.25, -0.2) is 4.79 Å². The van der Waals surface area contributed by atoms with Crippen molar-refractivity contribution in [3.05, 3.63) is 39.9 Å². The number of nitro groups is 1. The van der Waals surface area contributed by atoms with Crippen LogP contribution in [0.25, 0.3) is 0 Å². The zero-order chi connectivity index (χ0) is 13.0. The first-order chi connectivity index (χ1) is 7.91. The maximum atomic E-state index is 10.6. The van der Waals surface area contributed by atoms with Gasteiger partial charge in [0.25, 0.3) is 5.69 Å². The van der Waals surface area contributed by atoms with Crippen LogP contribution in [0.15, 0.2) is 24.3 Å². The number of hydrogen-bond donors (Lipinski definition) is 2. The van der Waals surface area contributed by atoms with E-state index < -0.39 is 17.1 Å². The molecule has 17 heavy (non-hydrogen) atoms. The van der Waals surface area contributed by atoms with E-state index in [0.717, 1.165) is 4.90 Å². The van der Waals surface area contributed by atoms with E-state index in [1.54, 1.807) is 6.07 Å². The molecule has 1 aromatic rings. The fourth-order valence-electron chi connectivity index (χ4n) is 1.35. The lowest BCUT2D eigenvalue weighted by molar-refractivity contribution is -0.384. The minimum Gasteiger partial charge on any atom is -0.465 e. The molecule has 1 atom stereocenters. The molecule has 0 saturated heterocycles. The van der Waals surface area contributed by atoms with Crippen molar-refractivity contribution in [3.63, 3.8) is 0 Å². The Labute approximate surface area is 97.6 Å². The standard InChI is InChI=1S/C10H13N3O4/c1-12(10(14)15)6-9(11)7-3-2-4-8(5-7)13(16)17/h2-5,9H,6,11H2,1H3,(H,14,15). The average Bonchev–Trinajstić information content (AvgIpc) is 2.28. The molecule has 0 radical (unpaired) electrons. The number of non-ortho nitro benzene ring substituents is 1. The highest BCUT2D eigenvalue weighted by Gasteiger charge is 2.15. The molecule has 0 aliphatic carbocycles. The Bertz CT molecular complexity index is 435. The summed E-state index contributed by atoms with van der Waals surface area (Å²) in [5.74, 6) is 0. The van der Waals surface area contributed by atoms with Crippen LogP contribution in [0.2, 0.25) is 0 Å². The lowest BCUT2D eigenvalue weighted by atomic mass is 10.1. The Morgan fingerprint density at radius 3 is 2.82 bits per heavy atom. The van der Waals surface area contributed by atoms with Gasteiger partial charge in [-0.15, -0.1) is 0 Å². The van der Waals surface area contributed by atoms with Gasteiger partial charge in [0.05, 0.1) is 4.92 Å². The molecular weight excluding hydrogens is 226 g/mol. The lowest BCUT2D eigenvalue weighted by Gasteiger charge is -2.18. The van der Waals surface area contributed by atoms with E-state index in [0.29, 0.717) is 5.56 Å². The van der Waals surface area contributed by atoms with E-state index >= 15 is 0 Å². The SMILES string of the molecule is CN(CC(N)c1cccc([N+](=O)[O-])c1)C(=O)O. The average molecular weight is 239 g/mol. The Balaban J connectivity index is 2.82. The van der Waals surface area contributed by atoms with E-state index in [1.807, 2.05) is 0 Å². The fourth-order valence-corrected chi connectivity index (χ4v) is 1.35. The smallest absolute Gasteiger partial charge is 0.407 e. The second-order valence-electron chi connectivity index (χ2n) is 3.62. The van der Waals surface area contributed by atoms with Crippen LogP contribution in [0.4, 0.5) is 10.5 Å². The molecule has 1 amide bonds. The highest BCUT2D eigenvalue weighted by Crippen LogP contribution is 2.18. The number of nitro benzene ring substituents is 1. The van der Waals surface area contributed by atoms with Crippen molar-refractivity contribution in [2.75, 3.05) is 13.6 Å². The van der Waals surface area contributed by atoms with E-state index in [1.165, 1.54) is 25.2 Å². The molecule has 7 nitrogen and oxygen atoms in total. The Morgan fingerprint density at radius 1 is 1.65 bits per heavy atom. The maximum absolute atomic E-state index is 10.6. The Hall–Kier alpha value is -2.15. The summed E-state index contributed by atoms with van der Waals surface area (Å²) in [6.07, 6.45) is -1.09. The summed E-state index contributed by atoms with van der Waals surface area (Å²) in [6, 6.07) is 5.27. The van der Waals surface area contributed by atoms with Crippen LogP contribution < -0.4 is 5.73 Å². The molecule has 0 heterocycles. The molecule has 0 aromatic heterocycles. The van der Waals surface area contributed by atoms with Gasteiger partial charge in [-0.3, -0.25) is 10.1 Å². The largest absolute Gasteiger partial charge is 0.465 e. The third-order valence-electron chi connectivity index (χ3n) is 2.31. The predicted octanol–water partition coefficient (Wildman–Crippen LogP) is 1.20. The number of nitrogens with two attached hydrogens (primary N) is 1. The summed E-state index contributed by atoms with van der Waals surface area (Å²) in [5, 5.41) is 19.2. The molecule has 0 aliphatic heterocycles. The Kier molecular flexibility index (Phi) is 4.00. The normalized spacial score (nSPS) is 11.9. The number of benzene rings is 1. The number of amides is 1. The summed E-state index contributed by atoms with van der Waals surface area (Å²) in [4.78, 5) is 21.7.